The highest BCUT2D eigenvalue weighted by molar-refractivity contribution is 7.14. The second-order valence-electron chi connectivity index (χ2n) is 7.16. The average Bonchev–Trinajstić information content (AvgIpc) is 3.42. The van der Waals surface area contributed by atoms with Crippen molar-refractivity contribution < 1.29 is 9.32 Å². The van der Waals surface area contributed by atoms with E-state index in [2.05, 4.69) is 10.1 Å². The Morgan fingerprint density at radius 3 is 2.62 bits per heavy atom. The topological polar surface area (TPSA) is 72.1 Å². The number of anilines is 1. The number of aromatic nitrogens is 3. The van der Waals surface area contributed by atoms with Crippen LogP contribution < -0.4 is 4.90 Å². The normalized spacial score (nSPS) is 11.0. The second-order valence-corrected chi connectivity index (χ2v) is 8.84. The molecule has 0 aliphatic rings. The number of rotatable bonds is 8. The molecule has 0 saturated carbocycles. The summed E-state index contributed by atoms with van der Waals surface area (Å²) in [7, 11) is 0. The number of aryl methyl sites for hydroxylation is 2. The zero-order valence-corrected chi connectivity index (χ0v) is 19.6. The Labute approximate surface area is 199 Å². The van der Waals surface area contributed by atoms with Gasteiger partial charge in [-0.05, 0) is 37.1 Å². The van der Waals surface area contributed by atoms with Crippen LogP contribution in [0.25, 0.3) is 11.3 Å². The van der Waals surface area contributed by atoms with Crippen LogP contribution >= 0.6 is 34.5 Å². The Balaban J connectivity index is 1.55. The molecule has 0 N–H and O–H groups in total. The Morgan fingerprint density at radius 2 is 1.91 bits per heavy atom. The molecule has 4 rings (SSSR count). The van der Waals surface area contributed by atoms with E-state index in [1.165, 1.54) is 11.3 Å². The first-order valence-corrected chi connectivity index (χ1v) is 11.7. The van der Waals surface area contributed by atoms with Crippen LogP contribution in [-0.2, 0) is 17.6 Å². The molecular weight excluding hydrogens is 467 g/mol. The first kappa shape index (κ1) is 22.5. The summed E-state index contributed by atoms with van der Waals surface area (Å²) in [5.74, 6) is 0.948. The predicted octanol–water partition coefficient (Wildman–Crippen LogP) is 6.02. The van der Waals surface area contributed by atoms with Gasteiger partial charge in [0.05, 0.1) is 10.7 Å². The van der Waals surface area contributed by atoms with Crippen LogP contribution in [0, 0.1) is 6.92 Å². The number of hydrogen-bond acceptors (Lipinski definition) is 6. The minimum Gasteiger partial charge on any atom is -0.339 e. The van der Waals surface area contributed by atoms with Gasteiger partial charge in [0.1, 0.15) is 0 Å². The van der Waals surface area contributed by atoms with Crippen molar-refractivity contribution in [3.8, 4) is 11.3 Å². The van der Waals surface area contributed by atoms with Gasteiger partial charge in [-0.1, -0.05) is 58.7 Å². The zero-order chi connectivity index (χ0) is 22.5. The van der Waals surface area contributed by atoms with Crippen molar-refractivity contribution in [1.82, 2.24) is 15.1 Å². The molecule has 4 aromatic rings. The summed E-state index contributed by atoms with van der Waals surface area (Å²) in [6, 6.07) is 15.3. The number of carbonyl (C=O) groups excluding carboxylic acids is 1. The van der Waals surface area contributed by atoms with Crippen LogP contribution in [0.3, 0.4) is 0 Å². The molecule has 0 aliphatic heterocycles. The Hall–Kier alpha value is -2.74. The van der Waals surface area contributed by atoms with Gasteiger partial charge in [0.2, 0.25) is 11.8 Å². The number of benzene rings is 2. The standard InChI is InChI=1S/C23H20Cl2N4O2S/c1-15-26-21(31-28-15)9-10-22(30)29(12-11-16-5-3-2-4-6-16)23-27-20(14-32-23)18-8-7-17(24)13-19(18)25/h2-8,13-14H,9-12H2,1H3. The van der Waals surface area contributed by atoms with Crippen LogP contribution in [0.1, 0.15) is 23.7 Å². The van der Waals surface area contributed by atoms with Crippen LogP contribution in [0.4, 0.5) is 5.13 Å². The lowest BCUT2D eigenvalue weighted by atomic mass is 10.1. The molecule has 9 heteroatoms. The minimum absolute atomic E-state index is 0.0557. The fourth-order valence-electron chi connectivity index (χ4n) is 3.21. The highest BCUT2D eigenvalue weighted by atomic mass is 35.5. The first-order valence-electron chi connectivity index (χ1n) is 10.0. The maximum absolute atomic E-state index is 13.2. The van der Waals surface area contributed by atoms with Gasteiger partial charge in [0.15, 0.2) is 11.0 Å². The first-order chi connectivity index (χ1) is 15.5. The Kier molecular flexibility index (Phi) is 7.19. The lowest BCUT2D eigenvalue weighted by molar-refractivity contribution is -0.118. The van der Waals surface area contributed by atoms with Crippen molar-refractivity contribution in [3.63, 3.8) is 0 Å². The molecule has 0 radical (unpaired) electrons. The number of carbonyl (C=O) groups is 1. The van der Waals surface area contributed by atoms with E-state index >= 15 is 0 Å². The molecule has 0 bridgehead atoms. The van der Waals surface area contributed by atoms with Gasteiger partial charge < -0.3 is 4.52 Å². The number of halogens is 2. The molecule has 2 heterocycles. The summed E-state index contributed by atoms with van der Waals surface area (Å²) < 4.78 is 5.14. The van der Waals surface area contributed by atoms with E-state index in [-0.39, 0.29) is 12.3 Å². The van der Waals surface area contributed by atoms with E-state index in [1.54, 1.807) is 24.0 Å². The molecule has 0 fully saturated rings. The summed E-state index contributed by atoms with van der Waals surface area (Å²) in [4.78, 5) is 23.8. The zero-order valence-electron chi connectivity index (χ0n) is 17.3. The Bertz CT molecular complexity index is 1210. The highest BCUT2D eigenvalue weighted by Gasteiger charge is 2.21. The fourth-order valence-corrected chi connectivity index (χ4v) is 4.59. The van der Waals surface area contributed by atoms with E-state index in [4.69, 9.17) is 32.7 Å². The van der Waals surface area contributed by atoms with Gasteiger partial charge >= 0.3 is 0 Å². The monoisotopic (exact) mass is 486 g/mol. The maximum Gasteiger partial charge on any atom is 0.229 e. The highest BCUT2D eigenvalue weighted by Crippen LogP contribution is 2.33. The summed E-state index contributed by atoms with van der Waals surface area (Å²) in [5.41, 5.74) is 2.63. The van der Waals surface area contributed by atoms with Gasteiger partial charge in [0, 0.05) is 35.4 Å². The van der Waals surface area contributed by atoms with E-state index in [0.717, 1.165) is 11.1 Å². The molecule has 0 unspecified atom stereocenters. The summed E-state index contributed by atoms with van der Waals surface area (Å²) in [6.45, 7) is 2.26. The van der Waals surface area contributed by atoms with E-state index < -0.39 is 0 Å². The number of amides is 1. The van der Waals surface area contributed by atoms with Gasteiger partial charge in [-0.3, -0.25) is 9.69 Å². The number of thiazole rings is 1. The van der Waals surface area contributed by atoms with Crippen LogP contribution in [0.5, 0.6) is 0 Å². The lowest BCUT2D eigenvalue weighted by Crippen LogP contribution is -2.33. The third-order valence-electron chi connectivity index (χ3n) is 4.82. The molecule has 2 aromatic heterocycles. The molecule has 0 saturated heterocycles. The minimum atomic E-state index is -0.0557. The lowest BCUT2D eigenvalue weighted by Gasteiger charge is -2.20. The molecule has 0 aliphatic carbocycles. The third kappa shape index (κ3) is 5.54. The van der Waals surface area contributed by atoms with Gasteiger partial charge in [-0.15, -0.1) is 11.3 Å². The van der Waals surface area contributed by atoms with Gasteiger partial charge in [0.25, 0.3) is 0 Å². The van der Waals surface area contributed by atoms with E-state index in [1.807, 2.05) is 41.8 Å². The third-order valence-corrected chi connectivity index (χ3v) is 6.23. The van der Waals surface area contributed by atoms with Crippen molar-refractivity contribution in [2.24, 2.45) is 0 Å². The Morgan fingerprint density at radius 1 is 1.09 bits per heavy atom. The van der Waals surface area contributed by atoms with Crippen LogP contribution in [-0.4, -0.2) is 27.6 Å². The molecule has 6 nitrogen and oxygen atoms in total. The molecule has 164 valence electrons. The van der Waals surface area contributed by atoms with Crippen LogP contribution in [0.2, 0.25) is 10.0 Å². The summed E-state index contributed by atoms with van der Waals surface area (Å²) >= 11 is 13.8. The SMILES string of the molecule is Cc1noc(CCC(=O)N(CCc2ccccc2)c2nc(-c3ccc(Cl)cc3Cl)cs2)n1. The number of hydrogen-bond donors (Lipinski definition) is 0. The predicted molar refractivity (Wildman–Crippen MR) is 127 cm³/mol. The second kappa shape index (κ2) is 10.3. The van der Waals surface area contributed by atoms with Crippen molar-refractivity contribution in [2.45, 2.75) is 26.2 Å². The number of nitrogens with zero attached hydrogens (tertiary/aromatic N) is 4. The largest absolute Gasteiger partial charge is 0.339 e. The quantitative estimate of drug-likeness (QED) is 0.304. The van der Waals surface area contributed by atoms with Gasteiger partial charge in [-0.2, -0.15) is 4.98 Å². The van der Waals surface area contributed by atoms with Crippen LogP contribution in [0.15, 0.2) is 58.4 Å². The summed E-state index contributed by atoms with van der Waals surface area (Å²) in [6.07, 6.45) is 1.33. The molecule has 1 amide bonds. The smallest absolute Gasteiger partial charge is 0.229 e. The molecule has 32 heavy (non-hydrogen) atoms. The molecule has 2 aromatic carbocycles. The van der Waals surface area contributed by atoms with Crippen molar-refractivity contribution in [3.05, 3.63) is 81.2 Å². The van der Waals surface area contributed by atoms with Gasteiger partial charge in [-0.25, -0.2) is 4.98 Å². The molecule has 0 spiro atoms. The van der Waals surface area contributed by atoms with Crippen molar-refractivity contribution in [1.29, 1.82) is 0 Å². The van der Waals surface area contributed by atoms with Crippen molar-refractivity contribution in [2.75, 3.05) is 11.4 Å². The fraction of sp³-hybridized carbons (Fsp3) is 0.217. The van der Waals surface area contributed by atoms with E-state index in [9.17, 15) is 4.79 Å². The average molecular weight is 487 g/mol. The summed E-state index contributed by atoms with van der Waals surface area (Å²) in [5, 5.41) is 7.38. The van der Waals surface area contributed by atoms with Crippen molar-refractivity contribution >= 4 is 45.6 Å². The van der Waals surface area contributed by atoms with E-state index in [0.29, 0.717) is 52.0 Å². The molecular formula is C23H20Cl2N4O2S. The maximum atomic E-state index is 13.2. The molecule has 0 atom stereocenters.